The summed E-state index contributed by atoms with van der Waals surface area (Å²) in [4.78, 5) is 35.8. The molecular weight excluding hydrogens is 536 g/mol. The topological polar surface area (TPSA) is 77.7 Å². The molecule has 2 aliphatic heterocycles. The minimum absolute atomic E-state index is 0.00182. The van der Waals surface area contributed by atoms with E-state index in [-0.39, 0.29) is 29.9 Å². The molecule has 3 heterocycles. The first kappa shape index (κ1) is 28.5. The van der Waals surface area contributed by atoms with Crippen LogP contribution in [0.15, 0.2) is 48.7 Å². The molecule has 0 bridgehead atoms. The van der Waals surface area contributed by atoms with Crippen molar-refractivity contribution in [1.82, 2.24) is 9.88 Å². The van der Waals surface area contributed by atoms with Gasteiger partial charge in [0.2, 0.25) is 0 Å². The fraction of sp³-hybridized carbons (Fsp3) is 0.556. The lowest BCUT2D eigenvalue weighted by atomic mass is 9.80. The molecule has 43 heavy (non-hydrogen) atoms. The molecular formula is C36H46N4O3. The van der Waals surface area contributed by atoms with Crippen LogP contribution < -0.4 is 15.0 Å². The van der Waals surface area contributed by atoms with Crippen LogP contribution >= 0.6 is 0 Å². The number of Topliss-reactive ketones (excluding diaryl/α,β-unsaturated/α-hetero) is 1. The number of hydrogen-bond donors (Lipinski definition) is 2. The molecule has 2 aliphatic carbocycles. The Morgan fingerprint density at radius 1 is 0.791 bits per heavy atom. The summed E-state index contributed by atoms with van der Waals surface area (Å²) in [7, 11) is 0. The molecule has 1 aromatic heterocycles. The number of ether oxygens (including phenoxy) is 1. The Hall–Kier alpha value is -3.32. The number of fused-ring (bicyclic) bond motifs is 2. The van der Waals surface area contributed by atoms with Crippen molar-refractivity contribution in [2.24, 2.45) is 11.8 Å². The molecule has 1 saturated heterocycles. The van der Waals surface area contributed by atoms with Gasteiger partial charge in [-0.05, 0) is 68.4 Å². The van der Waals surface area contributed by atoms with Crippen LogP contribution in [-0.4, -0.2) is 59.9 Å². The van der Waals surface area contributed by atoms with Gasteiger partial charge in [0.05, 0.1) is 17.6 Å². The third-order valence-electron chi connectivity index (χ3n) is 10.6. The second-order valence-corrected chi connectivity index (χ2v) is 13.3. The van der Waals surface area contributed by atoms with Crippen molar-refractivity contribution in [2.45, 2.75) is 89.1 Å². The summed E-state index contributed by atoms with van der Waals surface area (Å²) in [6.45, 7) is 3.50. The maximum atomic E-state index is 14.4. The number of carbonyl (C=O) groups is 2. The van der Waals surface area contributed by atoms with Crippen LogP contribution in [0.1, 0.15) is 76.2 Å². The van der Waals surface area contributed by atoms with Gasteiger partial charge in [-0.3, -0.25) is 14.5 Å². The SMILES string of the molecule is O=C(Oc1cccc2c1NC(C(C(=O)C1CCCCC1)N1CCN(c3cccc4[nH]ccc34)CC1)CC2)C1CCCCC1. The van der Waals surface area contributed by atoms with Gasteiger partial charge in [-0.2, -0.15) is 0 Å². The maximum Gasteiger partial charge on any atom is 0.314 e. The quantitative estimate of drug-likeness (QED) is 0.238. The largest absolute Gasteiger partial charge is 0.424 e. The highest BCUT2D eigenvalue weighted by atomic mass is 16.5. The van der Waals surface area contributed by atoms with Crippen molar-refractivity contribution < 1.29 is 14.3 Å². The zero-order valence-electron chi connectivity index (χ0n) is 25.4. The second kappa shape index (κ2) is 12.7. The first-order valence-corrected chi connectivity index (χ1v) is 16.8. The summed E-state index contributed by atoms with van der Waals surface area (Å²) in [6.07, 6.45) is 14.6. The number of H-pyrrole nitrogens is 1. The molecule has 7 heteroatoms. The number of nitrogens with one attached hydrogen (secondary N) is 2. The van der Waals surface area contributed by atoms with Gasteiger partial charge in [-0.25, -0.2) is 0 Å². The third-order valence-corrected chi connectivity index (χ3v) is 10.6. The van der Waals surface area contributed by atoms with Crippen molar-refractivity contribution >= 4 is 34.0 Å². The Kier molecular flexibility index (Phi) is 8.42. The number of rotatable bonds is 7. The number of para-hydroxylation sites is 1. The standard InChI is InChI=1S/C36H46N4O3/c41-35(26-9-3-1-4-10-26)34(40-23-21-39(22-24-40)31-15-8-14-29-28(31)19-20-37-29)30-18-17-25-13-7-16-32(33(25)38-30)43-36(42)27-11-5-2-6-12-27/h7-8,13-16,19-20,26-27,30,34,37-38H,1-6,9-12,17-18,21-24H2. The van der Waals surface area contributed by atoms with Gasteiger partial charge in [0.1, 0.15) is 0 Å². The first-order chi connectivity index (χ1) is 21.2. The van der Waals surface area contributed by atoms with Gasteiger partial charge in [-0.1, -0.05) is 56.7 Å². The van der Waals surface area contributed by atoms with Gasteiger partial charge in [-0.15, -0.1) is 0 Å². The summed E-state index contributed by atoms with van der Waals surface area (Å²) in [5, 5.41) is 5.05. The minimum Gasteiger partial charge on any atom is -0.424 e. The van der Waals surface area contributed by atoms with Crippen molar-refractivity contribution in [2.75, 3.05) is 36.4 Å². The Morgan fingerprint density at radius 3 is 2.28 bits per heavy atom. The van der Waals surface area contributed by atoms with Crippen LogP contribution in [0.2, 0.25) is 0 Å². The molecule has 2 saturated carbocycles. The van der Waals surface area contributed by atoms with Crippen LogP contribution in [0.4, 0.5) is 11.4 Å². The normalized spacial score (nSPS) is 23.0. The van der Waals surface area contributed by atoms with Crippen LogP contribution in [-0.2, 0) is 16.0 Å². The lowest BCUT2D eigenvalue weighted by Crippen LogP contribution is -2.60. The minimum atomic E-state index is -0.177. The number of anilines is 2. The first-order valence-electron chi connectivity index (χ1n) is 16.8. The van der Waals surface area contributed by atoms with Crippen molar-refractivity contribution in [3.63, 3.8) is 0 Å². The van der Waals surface area contributed by atoms with E-state index in [1.165, 1.54) is 29.5 Å². The fourth-order valence-electron chi connectivity index (χ4n) is 8.22. The summed E-state index contributed by atoms with van der Waals surface area (Å²) >= 11 is 0. The van der Waals surface area contributed by atoms with Gasteiger partial charge in [0.15, 0.2) is 11.5 Å². The molecule has 3 fully saturated rings. The van der Waals surface area contributed by atoms with E-state index in [1.807, 2.05) is 18.3 Å². The van der Waals surface area contributed by atoms with Crippen LogP contribution in [0.25, 0.3) is 10.9 Å². The van der Waals surface area contributed by atoms with Crippen molar-refractivity contribution in [3.05, 3.63) is 54.2 Å². The Balaban J connectivity index is 1.11. The summed E-state index contributed by atoms with van der Waals surface area (Å²) in [5.74, 6) is 1.09. The predicted octanol–water partition coefficient (Wildman–Crippen LogP) is 6.72. The van der Waals surface area contributed by atoms with Gasteiger partial charge in [0, 0.05) is 60.9 Å². The highest BCUT2D eigenvalue weighted by Crippen LogP contribution is 2.38. The van der Waals surface area contributed by atoms with E-state index in [4.69, 9.17) is 4.74 Å². The summed E-state index contributed by atoms with van der Waals surface area (Å²) in [6, 6.07) is 14.5. The van der Waals surface area contributed by atoms with Crippen LogP contribution in [0, 0.1) is 11.8 Å². The van der Waals surface area contributed by atoms with E-state index >= 15 is 0 Å². The van der Waals surface area contributed by atoms with Crippen LogP contribution in [0.3, 0.4) is 0 Å². The Labute approximate surface area is 255 Å². The Morgan fingerprint density at radius 2 is 1.51 bits per heavy atom. The average molecular weight is 583 g/mol. The van der Waals surface area contributed by atoms with E-state index in [2.05, 4.69) is 50.4 Å². The molecule has 7 nitrogen and oxygen atoms in total. The maximum absolute atomic E-state index is 14.4. The van der Waals surface area contributed by atoms with E-state index in [0.717, 1.165) is 102 Å². The Bertz CT molecular complexity index is 1430. The molecule has 2 aromatic carbocycles. The van der Waals surface area contributed by atoms with E-state index in [9.17, 15) is 9.59 Å². The highest BCUT2D eigenvalue weighted by molar-refractivity contribution is 5.92. The number of aromatic nitrogens is 1. The number of nitrogens with zero attached hydrogens (tertiary/aromatic N) is 2. The van der Waals surface area contributed by atoms with Crippen molar-refractivity contribution in [1.29, 1.82) is 0 Å². The molecule has 2 N–H and O–H groups in total. The second-order valence-electron chi connectivity index (χ2n) is 13.3. The molecule has 228 valence electrons. The smallest absolute Gasteiger partial charge is 0.314 e. The predicted molar refractivity (Wildman–Crippen MR) is 172 cm³/mol. The van der Waals surface area contributed by atoms with E-state index < -0.39 is 0 Å². The number of hydrogen-bond acceptors (Lipinski definition) is 6. The average Bonchev–Trinajstić information content (AvgIpc) is 3.56. The molecule has 4 aliphatic rings. The highest BCUT2D eigenvalue weighted by Gasteiger charge is 2.41. The van der Waals surface area contributed by atoms with E-state index in [1.54, 1.807) is 0 Å². The lowest BCUT2D eigenvalue weighted by Gasteiger charge is -2.45. The number of aryl methyl sites for hydroxylation is 1. The zero-order chi connectivity index (χ0) is 29.2. The number of aromatic amines is 1. The third kappa shape index (κ3) is 5.93. The molecule has 0 amide bonds. The molecule has 3 aromatic rings. The summed E-state index contributed by atoms with van der Waals surface area (Å²) in [5.41, 5.74) is 4.53. The van der Waals surface area contributed by atoms with Gasteiger partial charge in [0.25, 0.3) is 0 Å². The lowest BCUT2D eigenvalue weighted by molar-refractivity contribution is -0.140. The van der Waals surface area contributed by atoms with Gasteiger partial charge >= 0.3 is 5.97 Å². The number of piperazine rings is 1. The molecule has 7 rings (SSSR count). The molecule has 2 atom stereocenters. The number of benzene rings is 2. The van der Waals surface area contributed by atoms with E-state index in [0.29, 0.717) is 11.5 Å². The molecule has 0 spiro atoms. The zero-order valence-corrected chi connectivity index (χ0v) is 25.4. The summed E-state index contributed by atoms with van der Waals surface area (Å²) < 4.78 is 6.08. The van der Waals surface area contributed by atoms with Gasteiger partial charge < -0.3 is 19.9 Å². The number of carbonyl (C=O) groups excluding carboxylic acids is 2. The monoisotopic (exact) mass is 582 g/mol. The van der Waals surface area contributed by atoms with Crippen LogP contribution in [0.5, 0.6) is 5.75 Å². The number of esters is 1. The molecule has 0 radical (unpaired) electrons. The molecule has 2 unspecified atom stereocenters. The number of ketones is 1. The fourth-order valence-corrected chi connectivity index (χ4v) is 8.22. The van der Waals surface area contributed by atoms with Crippen molar-refractivity contribution in [3.8, 4) is 5.75 Å².